The molecule has 0 spiro atoms. The molecule has 2 aliphatic rings. The van der Waals surface area contributed by atoms with Crippen molar-refractivity contribution in [2.75, 3.05) is 65.7 Å². The van der Waals surface area contributed by atoms with Gasteiger partial charge in [0.15, 0.2) is 5.96 Å². The third-order valence-corrected chi connectivity index (χ3v) is 7.25. The first-order chi connectivity index (χ1) is 14.5. The molecule has 0 amide bonds. The maximum absolute atomic E-state index is 11.7. The molecular weight excluding hydrogens is 525 g/mol. The highest BCUT2D eigenvalue weighted by atomic mass is 127. The Bertz CT molecular complexity index is 816. The first kappa shape index (κ1) is 26.1. The van der Waals surface area contributed by atoms with Gasteiger partial charge in [0, 0.05) is 59.4 Å². The van der Waals surface area contributed by atoms with Crippen molar-refractivity contribution in [1.82, 2.24) is 19.4 Å². The summed E-state index contributed by atoms with van der Waals surface area (Å²) in [5, 5.41) is 3.52. The summed E-state index contributed by atoms with van der Waals surface area (Å²) in [5.74, 6) is 1.45. The van der Waals surface area contributed by atoms with Gasteiger partial charge >= 0.3 is 0 Å². The van der Waals surface area contributed by atoms with Crippen LogP contribution < -0.4 is 5.32 Å². The Labute approximate surface area is 204 Å². The summed E-state index contributed by atoms with van der Waals surface area (Å²) in [5.41, 5.74) is 1.24. The molecule has 2 fully saturated rings. The highest BCUT2D eigenvalue weighted by molar-refractivity contribution is 14.0. The molecule has 31 heavy (non-hydrogen) atoms. The number of aliphatic imine (C=N–C) groups is 1. The third kappa shape index (κ3) is 8.36. The Hall–Kier alpha value is -1.17. The van der Waals surface area contributed by atoms with Gasteiger partial charge < -0.3 is 10.2 Å². The van der Waals surface area contributed by atoms with E-state index in [0.717, 1.165) is 58.1 Å². The SMILES string of the molecule is CN=C(NCC1CCN(S(C)(=O)=O)CC1)N1CCN(C/C=C/c2ccccc2)CC1.I. The second kappa shape index (κ2) is 12.8. The summed E-state index contributed by atoms with van der Waals surface area (Å²) >= 11 is 0. The van der Waals surface area contributed by atoms with Gasteiger partial charge in [0.1, 0.15) is 0 Å². The Balaban J connectivity index is 0.00000341. The topological polar surface area (TPSA) is 68.2 Å². The lowest BCUT2D eigenvalue weighted by molar-refractivity contribution is 0.193. The molecule has 0 atom stereocenters. The van der Waals surface area contributed by atoms with Crippen LogP contribution in [0, 0.1) is 5.92 Å². The fourth-order valence-corrected chi connectivity index (χ4v) is 4.93. The molecular formula is C22H36IN5O2S. The van der Waals surface area contributed by atoms with Crippen LogP contribution in [-0.2, 0) is 10.0 Å². The van der Waals surface area contributed by atoms with Gasteiger partial charge in [0.05, 0.1) is 6.26 Å². The highest BCUT2D eigenvalue weighted by Gasteiger charge is 2.25. The van der Waals surface area contributed by atoms with Gasteiger partial charge in [0.25, 0.3) is 0 Å². The molecule has 1 aromatic carbocycles. The number of piperazine rings is 1. The summed E-state index contributed by atoms with van der Waals surface area (Å²) in [6.07, 6.45) is 7.52. The smallest absolute Gasteiger partial charge is 0.211 e. The molecule has 2 saturated heterocycles. The minimum Gasteiger partial charge on any atom is -0.356 e. The van der Waals surface area contributed by atoms with E-state index in [1.807, 2.05) is 13.1 Å². The van der Waals surface area contributed by atoms with Crippen LogP contribution >= 0.6 is 24.0 Å². The van der Waals surface area contributed by atoms with Crippen molar-refractivity contribution < 1.29 is 8.42 Å². The number of sulfonamides is 1. The van der Waals surface area contributed by atoms with E-state index in [2.05, 4.69) is 56.5 Å². The molecule has 0 aromatic heterocycles. The van der Waals surface area contributed by atoms with Crippen molar-refractivity contribution in [2.24, 2.45) is 10.9 Å². The van der Waals surface area contributed by atoms with Gasteiger partial charge in [-0.15, -0.1) is 24.0 Å². The van der Waals surface area contributed by atoms with Crippen LogP contribution in [0.2, 0.25) is 0 Å². The Morgan fingerprint density at radius 1 is 1.10 bits per heavy atom. The average Bonchev–Trinajstić information content (AvgIpc) is 2.76. The molecule has 7 nitrogen and oxygen atoms in total. The molecule has 2 aliphatic heterocycles. The van der Waals surface area contributed by atoms with Gasteiger partial charge in [0.2, 0.25) is 10.0 Å². The van der Waals surface area contributed by atoms with E-state index < -0.39 is 10.0 Å². The number of halogens is 1. The van der Waals surface area contributed by atoms with Gasteiger partial charge in [-0.3, -0.25) is 9.89 Å². The summed E-state index contributed by atoms with van der Waals surface area (Å²) in [7, 11) is -1.22. The molecule has 0 bridgehead atoms. The molecule has 0 unspecified atom stereocenters. The standard InChI is InChI=1S/C22H35N5O2S.HI/c1-23-22(24-19-21-10-13-27(14-11-21)30(2,28)29)26-17-15-25(16-18-26)12-6-9-20-7-4-3-5-8-20;/h3-9,21H,10-19H2,1-2H3,(H,23,24);1H/b9-6+;. The van der Waals surface area contributed by atoms with Crippen LogP contribution in [0.4, 0.5) is 0 Å². The first-order valence-electron chi connectivity index (χ1n) is 10.8. The van der Waals surface area contributed by atoms with E-state index in [0.29, 0.717) is 19.0 Å². The second-order valence-corrected chi connectivity index (χ2v) is 10.1. The lowest BCUT2D eigenvalue weighted by Crippen LogP contribution is -2.53. The zero-order valence-corrected chi connectivity index (χ0v) is 21.8. The molecule has 1 N–H and O–H groups in total. The van der Waals surface area contributed by atoms with Crippen molar-refractivity contribution in [3.63, 3.8) is 0 Å². The monoisotopic (exact) mass is 561 g/mol. The summed E-state index contributed by atoms with van der Waals surface area (Å²) in [6, 6.07) is 10.4. The fraction of sp³-hybridized carbons (Fsp3) is 0.591. The average molecular weight is 562 g/mol. The zero-order chi connectivity index (χ0) is 21.4. The third-order valence-electron chi connectivity index (χ3n) is 5.95. The van der Waals surface area contributed by atoms with E-state index in [4.69, 9.17) is 0 Å². The first-order valence-corrected chi connectivity index (χ1v) is 12.6. The van der Waals surface area contributed by atoms with Gasteiger partial charge in [-0.25, -0.2) is 12.7 Å². The number of nitrogens with zero attached hydrogens (tertiary/aromatic N) is 4. The van der Waals surface area contributed by atoms with E-state index in [1.165, 1.54) is 11.8 Å². The van der Waals surface area contributed by atoms with Gasteiger partial charge in [-0.2, -0.15) is 0 Å². The zero-order valence-electron chi connectivity index (χ0n) is 18.6. The largest absolute Gasteiger partial charge is 0.356 e. The molecule has 0 aliphatic carbocycles. The molecule has 2 heterocycles. The maximum atomic E-state index is 11.7. The van der Waals surface area contributed by atoms with E-state index in [1.54, 1.807) is 4.31 Å². The van der Waals surface area contributed by atoms with Crippen molar-refractivity contribution in [1.29, 1.82) is 0 Å². The number of hydrogen-bond acceptors (Lipinski definition) is 4. The van der Waals surface area contributed by atoms with Crippen molar-refractivity contribution >= 4 is 46.0 Å². The number of guanidine groups is 1. The fourth-order valence-electron chi connectivity index (χ4n) is 4.06. The molecule has 9 heteroatoms. The second-order valence-electron chi connectivity index (χ2n) is 8.13. The predicted octanol–water partition coefficient (Wildman–Crippen LogP) is 2.18. The van der Waals surface area contributed by atoms with Crippen LogP contribution in [0.5, 0.6) is 0 Å². The van der Waals surface area contributed by atoms with E-state index in [-0.39, 0.29) is 24.0 Å². The number of hydrogen-bond donors (Lipinski definition) is 1. The maximum Gasteiger partial charge on any atom is 0.211 e. The van der Waals surface area contributed by atoms with Gasteiger partial charge in [-0.1, -0.05) is 42.5 Å². The molecule has 3 rings (SSSR count). The normalized spacial score (nSPS) is 20.1. The molecule has 0 saturated carbocycles. The number of benzene rings is 1. The molecule has 0 radical (unpaired) electrons. The van der Waals surface area contributed by atoms with Gasteiger partial charge in [-0.05, 0) is 24.3 Å². The van der Waals surface area contributed by atoms with Crippen LogP contribution in [0.25, 0.3) is 6.08 Å². The summed E-state index contributed by atoms with van der Waals surface area (Å²) in [6.45, 7) is 7.03. The van der Waals surface area contributed by atoms with E-state index in [9.17, 15) is 8.42 Å². The summed E-state index contributed by atoms with van der Waals surface area (Å²) in [4.78, 5) is 9.25. The van der Waals surface area contributed by atoms with Crippen molar-refractivity contribution in [2.45, 2.75) is 12.8 Å². The van der Waals surface area contributed by atoms with Crippen LogP contribution in [0.1, 0.15) is 18.4 Å². The lowest BCUT2D eigenvalue weighted by Gasteiger charge is -2.37. The summed E-state index contributed by atoms with van der Waals surface area (Å²) < 4.78 is 24.9. The van der Waals surface area contributed by atoms with E-state index >= 15 is 0 Å². The molecule has 174 valence electrons. The van der Waals surface area contributed by atoms with Crippen molar-refractivity contribution in [3.8, 4) is 0 Å². The van der Waals surface area contributed by atoms with Crippen molar-refractivity contribution in [3.05, 3.63) is 42.0 Å². The minimum atomic E-state index is -3.06. The Kier molecular flexibility index (Phi) is 10.7. The van der Waals surface area contributed by atoms with Crippen LogP contribution in [0.3, 0.4) is 0 Å². The highest BCUT2D eigenvalue weighted by Crippen LogP contribution is 2.18. The number of rotatable bonds is 6. The van der Waals surface area contributed by atoms with Crippen LogP contribution in [0.15, 0.2) is 41.4 Å². The quantitative estimate of drug-likeness (QED) is 0.328. The lowest BCUT2D eigenvalue weighted by atomic mass is 9.98. The number of piperidine rings is 1. The van der Waals surface area contributed by atoms with Crippen LogP contribution in [-0.4, -0.2) is 94.1 Å². The Morgan fingerprint density at radius 3 is 2.32 bits per heavy atom. The predicted molar refractivity (Wildman–Crippen MR) is 139 cm³/mol. The Morgan fingerprint density at radius 2 is 1.74 bits per heavy atom. The number of nitrogens with one attached hydrogen (secondary N) is 1. The molecule has 1 aromatic rings. The minimum absolute atomic E-state index is 0.